The second-order valence-electron chi connectivity index (χ2n) is 4.88. The highest BCUT2D eigenvalue weighted by Crippen LogP contribution is 2.28. The first-order valence-corrected chi connectivity index (χ1v) is 9.37. The molecule has 0 amide bonds. The number of thioether (sulfide) groups is 1. The number of nitrogens with one attached hydrogen (secondary N) is 1. The van der Waals surface area contributed by atoms with E-state index in [9.17, 15) is 8.42 Å². The molecule has 0 aliphatic heterocycles. The van der Waals surface area contributed by atoms with Crippen molar-refractivity contribution in [1.82, 2.24) is 5.43 Å². The predicted octanol–water partition coefficient (Wildman–Crippen LogP) is 1.32. The average molecular weight is 280 g/mol. The Kier molecular flexibility index (Phi) is 6.84. The van der Waals surface area contributed by atoms with Crippen molar-refractivity contribution in [3.8, 4) is 0 Å². The Labute approximate surface area is 109 Å². The van der Waals surface area contributed by atoms with E-state index < -0.39 is 9.84 Å². The predicted molar refractivity (Wildman–Crippen MR) is 74.8 cm³/mol. The van der Waals surface area contributed by atoms with Crippen molar-refractivity contribution in [2.75, 3.05) is 17.8 Å². The van der Waals surface area contributed by atoms with Gasteiger partial charge in [-0.25, -0.2) is 8.42 Å². The van der Waals surface area contributed by atoms with Gasteiger partial charge in [-0.05, 0) is 19.3 Å². The zero-order valence-electron chi connectivity index (χ0n) is 10.5. The molecule has 0 aromatic rings. The monoisotopic (exact) mass is 280 g/mol. The van der Waals surface area contributed by atoms with Gasteiger partial charge in [0.2, 0.25) is 0 Å². The van der Waals surface area contributed by atoms with Gasteiger partial charge in [0.25, 0.3) is 0 Å². The molecule has 1 aliphatic rings. The average Bonchev–Trinajstić information content (AvgIpc) is 2.29. The quantitative estimate of drug-likeness (QED) is 0.543. The molecular formula is C11H24N2O2S2. The second kappa shape index (κ2) is 7.61. The molecule has 0 bridgehead atoms. The SMILES string of the molecule is CS(=O)(=O)CCC(CSC1CCCCC1)NN. The molecule has 1 unspecified atom stereocenters. The van der Waals surface area contributed by atoms with Crippen LogP contribution in [0.15, 0.2) is 0 Å². The van der Waals surface area contributed by atoms with E-state index in [-0.39, 0.29) is 11.8 Å². The lowest BCUT2D eigenvalue weighted by atomic mass is 10.0. The number of nitrogens with two attached hydrogens (primary N) is 1. The van der Waals surface area contributed by atoms with Gasteiger partial charge in [-0.2, -0.15) is 11.8 Å². The zero-order valence-corrected chi connectivity index (χ0v) is 12.2. The molecule has 102 valence electrons. The van der Waals surface area contributed by atoms with E-state index in [1.54, 1.807) is 0 Å². The number of sulfone groups is 1. The first-order valence-electron chi connectivity index (χ1n) is 6.26. The van der Waals surface area contributed by atoms with Crippen molar-refractivity contribution in [3.05, 3.63) is 0 Å². The van der Waals surface area contributed by atoms with Crippen LogP contribution in [0.1, 0.15) is 38.5 Å². The van der Waals surface area contributed by atoms with E-state index >= 15 is 0 Å². The van der Waals surface area contributed by atoms with Crippen molar-refractivity contribution >= 4 is 21.6 Å². The van der Waals surface area contributed by atoms with Crippen LogP contribution in [0.3, 0.4) is 0 Å². The van der Waals surface area contributed by atoms with Crippen LogP contribution in [0.25, 0.3) is 0 Å². The van der Waals surface area contributed by atoms with E-state index in [0.29, 0.717) is 6.42 Å². The van der Waals surface area contributed by atoms with Crippen LogP contribution in [0.2, 0.25) is 0 Å². The largest absolute Gasteiger partial charge is 0.271 e. The van der Waals surface area contributed by atoms with E-state index in [1.165, 1.54) is 38.4 Å². The Morgan fingerprint density at radius 1 is 1.35 bits per heavy atom. The van der Waals surface area contributed by atoms with Gasteiger partial charge < -0.3 is 0 Å². The molecular weight excluding hydrogens is 256 g/mol. The van der Waals surface area contributed by atoms with Gasteiger partial charge in [-0.15, -0.1) is 0 Å². The van der Waals surface area contributed by atoms with Crippen LogP contribution in [-0.2, 0) is 9.84 Å². The molecule has 1 aliphatic carbocycles. The summed E-state index contributed by atoms with van der Waals surface area (Å²) in [5, 5.41) is 0.748. The summed E-state index contributed by atoms with van der Waals surface area (Å²) in [5.74, 6) is 6.59. The molecule has 0 aromatic carbocycles. The van der Waals surface area contributed by atoms with Gasteiger partial charge in [0.05, 0.1) is 5.75 Å². The third-order valence-corrected chi connectivity index (χ3v) is 5.67. The molecule has 1 atom stereocenters. The first-order chi connectivity index (χ1) is 8.01. The smallest absolute Gasteiger partial charge is 0.147 e. The van der Waals surface area contributed by atoms with Crippen molar-refractivity contribution in [1.29, 1.82) is 0 Å². The van der Waals surface area contributed by atoms with Gasteiger partial charge in [0.1, 0.15) is 9.84 Å². The van der Waals surface area contributed by atoms with Crippen LogP contribution in [0.4, 0.5) is 0 Å². The van der Waals surface area contributed by atoms with Gasteiger partial charge in [0.15, 0.2) is 0 Å². The first kappa shape index (κ1) is 15.3. The van der Waals surface area contributed by atoms with E-state index in [2.05, 4.69) is 5.43 Å². The van der Waals surface area contributed by atoms with E-state index in [1.807, 2.05) is 11.8 Å². The summed E-state index contributed by atoms with van der Waals surface area (Å²) >= 11 is 1.94. The molecule has 0 heterocycles. The molecule has 0 spiro atoms. The maximum absolute atomic E-state index is 11.1. The van der Waals surface area contributed by atoms with Gasteiger partial charge in [-0.1, -0.05) is 19.3 Å². The summed E-state index contributed by atoms with van der Waals surface area (Å²) in [6.07, 6.45) is 8.51. The van der Waals surface area contributed by atoms with Gasteiger partial charge in [-0.3, -0.25) is 11.3 Å². The molecule has 17 heavy (non-hydrogen) atoms. The second-order valence-corrected chi connectivity index (χ2v) is 8.47. The fourth-order valence-corrected chi connectivity index (χ4v) is 4.20. The van der Waals surface area contributed by atoms with Gasteiger partial charge >= 0.3 is 0 Å². The topological polar surface area (TPSA) is 72.2 Å². The molecule has 1 fully saturated rings. The summed E-state index contributed by atoms with van der Waals surface area (Å²) in [7, 11) is -2.88. The molecule has 1 rings (SSSR count). The molecule has 6 heteroatoms. The molecule has 1 saturated carbocycles. The van der Waals surface area contributed by atoms with Crippen LogP contribution in [0, 0.1) is 0 Å². The number of hydrogen-bond donors (Lipinski definition) is 2. The Bertz CT molecular complexity index is 301. The highest BCUT2D eigenvalue weighted by atomic mass is 32.2. The fraction of sp³-hybridized carbons (Fsp3) is 1.00. The minimum Gasteiger partial charge on any atom is -0.271 e. The van der Waals surface area contributed by atoms with Crippen molar-refractivity contribution in [2.45, 2.75) is 49.8 Å². The lowest BCUT2D eigenvalue weighted by Gasteiger charge is -2.23. The molecule has 0 saturated heterocycles. The van der Waals surface area contributed by atoms with Crippen molar-refractivity contribution in [2.24, 2.45) is 5.84 Å². The van der Waals surface area contributed by atoms with Crippen LogP contribution in [-0.4, -0.2) is 37.5 Å². The summed E-state index contributed by atoms with van der Waals surface area (Å²) in [6.45, 7) is 0. The molecule has 3 N–H and O–H groups in total. The van der Waals surface area contributed by atoms with Crippen molar-refractivity contribution < 1.29 is 8.42 Å². The fourth-order valence-electron chi connectivity index (χ4n) is 2.06. The lowest BCUT2D eigenvalue weighted by Crippen LogP contribution is -2.38. The Morgan fingerprint density at radius 3 is 2.53 bits per heavy atom. The summed E-state index contributed by atoms with van der Waals surface area (Å²) < 4.78 is 22.2. The summed E-state index contributed by atoms with van der Waals surface area (Å²) in [5.41, 5.74) is 2.73. The zero-order chi connectivity index (χ0) is 12.7. The Hall–Kier alpha value is 0.220. The summed E-state index contributed by atoms with van der Waals surface area (Å²) in [4.78, 5) is 0. The van der Waals surface area contributed by atoms with Crippen LogP contribution >= 0.6 is 11.8 Å². The van der Waals surface area contributed by atoms with Crippen molar-refractivity contribution in [3.63, 3.8) is 0 Å². The number of hydrogen-bond acceptors (Lipinski definition) is 5. The third-order valence-electron chi connectivity index (χ3n) is 3.16. The summed E-state index contributed by atoms with van der Waals surface area (Å²) in [6, 6.07) is 0.108. The maximum Gasteiger partial charge on any atom is 0.147 e. The number of hydrazine groups is 1. The standard InChI is InChI=1S/C11H24N2O2S2/c1-17(14,15)8-7-10(13-12)9-16-11-5-3-2-4-6-11/h10-11,13H,2-9,12H2,1H3. The van der Waals surface area contributed by atoms with E-state index in [0.717, 1.165) is 11.0 Å². The number of rotatable bonds is 7. The molecule has 4 nitrogen and oxygen atoms in total. The minimum atomic E-state index is -2.88. The maximum atomic E-state index is 11.1. The normalized spacial score (nSPS) is 20.4. The Balaban J connectivity index is 2.21. The van der Waals surface area contributed by atoms with Crippen LogP contribution < -0.4 is 11.3 Å². The molecule has 0 radical (unpaired) electrons. The van der Waals surface area contributed by atoms with Gasteiger partial charge in [0, 0.05) is 23.3 Å². The van der Waals surface area contributed by atoms with E-state index in [4.69, 9.17) is 5.84 Å². The molecule has 0 aromatic heterocycles. The minimum absolute atomic E-state index is 0.108. The highest BCUT2D eigenvalue weighted by Gasteiger charge is 2.17. The highest BCUT2D eigenvalue weighted by molar-refractivity contribution is 7.99. The lowest BCUT2D eigenvalue weighted by molar-refractivity contribution is 0.511. The third kappa shape index (κ3) is 7.28. The van der Waals surface area contributed by atoms with Crippen LogP contribution in [0.5, 0.6) is 0 Å². The Morgan fingerprint density at radius 2 is 2.00 bits per heavy atom.